The Morgan fingerprint density at radius 1 is 0.333 bits per heavy atom. The van der Waals surface area contributed by atoms with Crippen LogP contribution in [0.1, 0.15) is 44.5 Å². The van der Waals surface area contributed by atoms with E-state index in [9.17, 15) is 0 Å². The number of imidazole rings is 2. The first-order valence-corrected chi connectivity index (χ1v) is 21.5. The molecule has 312 valence electrons. The number of anilines is 4. The zero-order valence-corrected chi connectivity index (χ0v) is 34.6. The lowest BCUT2D eigenvalue weighted by Crippen LogP contribution is -2.39. The van der Waals surface area contributed by atoms with Crippen molar-refractivity contribution < 1.29 is 17.7 Å². The zero-order valence-electron chi connectivity index (χ0n) is 34.6. The van der Waals surface area contributed by atoms with Crippen LogP contribution in [0.25, 0.3) is 45.4 Å². The summed E-state index contributed by atoms with van der Waals surface area (Å²) in [6.07, 6.45) is 16.0. The fourth-order valence-electron chi connectivity index (χ4n) is 11.3. The van der Waals surface area contributed by atoms with E-state index < -0.39 is 10.8 Å². The van der Waals surface area contributed by atoms with Gasteiger partial charge < -0.3 is 17.7 Å². The average Bonchev–Trinajstić information content (AvgIpc) is 4.24. The number of hydrogen-bond acceptors (Lipinski definition) is 11. The predicted octanol–water partition coefficient (Wildman–Crippen LogP) is 11.2. The van der Waals surface area contributed by atoms with Crippen LogP contribution >= 0.6 is 0 Å². The van der Waals surface area contributed by atoms with Crippen molar-refractivity contribution in [1.82, 2.24) is 34.3 Å². The van der Waals surface area contributed by atoms with Crippen molar-refractivity contribution >= 4 is 45.2 Å². The number of para-hydroxylation sites is 3. The molecule has 0 fully saturated rings. The average molecular weight is 858 g/mol. The van der Waals surface area contributed by atoms with E-state index in [0.717, 1.165) is 101 Å². The van der Waals surface area contributed by atoms with Crippen molar-refractivity contribution in [1.29, 1.82) is 0 Å². The smallest absolute Gasteiger partial charge is 0.179 e. The molecule has 12 aromatic rings. The predicted molar refractivity (Wildman–Crippen MR) is 244 cm³/mol. The highest BCUT2D eigenvalue weighted by Gasteiger charge is 2.56. The molecule has 0 unspecified atom stereocenters. The lowest BCUT2D eigenvalue weighted by Gasteiger charge is -2.43. The van der Waals surface area contributed by atoms with Gasteiger partial charge in [0, 0.05) is 46.4 Å². The van der Waals surface area contributed by atoms with Crippen LogP contribution in [-0.4, -0.2) is 34.3 Å². The molecule has 0 N–H and O–H groups in total. The Hall–Kier alpha value is -9.23. The van der Waals surface area contributed by atoms with Crippen molar-refractivity contribution in [3.63, 3.8) is 0 Å². The molecule has 0 bridgehead atoms. The molecule has 2 aliphatic heterocycles. The molecule has 0 radical (unpaired) electrons. The summed E-state index contributed by atoms with van der Waals surface area (Å²) in [6, 6.07) is 45.8. The molecular formula is C53H31N9O4. The number of pyridine rings is 3. The maximum absolute atomic E-state index is 5.94. The summed E-state index contributed by atoms with van der Waals surface area (Å²) in [4.78, 5) is 22.9. The first kappa shape index (κ1) is 35.3. The summed E-state index contributed by atoms with van der Waals surface area (Å²) in [7, 11) is 0. The Labute approximate surface area is 374 Å². The molecule has 0 saturated heterocycles. The minimum absolute atomic E-state index is 0.525. The van der Waals surface area contributed by atoms with Gasteiger partial charge in [-0.2, -0.15) is 0 Å². The quantitative estimate of drug-likeness (QED) is 0.164. The molecule has 0 amide bonds. The molecule has 0 saturated carbocycles. The molecule has 0 atom stereocenters. The minimum Gasteiger partial charge on any atom is -0.461 e. The largest absolute Gasteiger partial charge is 0.461 e. The maximum atomic E-state index is 5.94. The molecular weight excluding hydrogens is 827 g/mol. The van der Waals surface area contributed by atoms with Crippen molar-refractivity contribution in [2.75, 3.05) is 10.0 Å². The van der Waals surface area contributed by atoms with E-state index in [2.05, 4.69) is 120 Å². The van der Waals surface area contributed by atoms with E-state index >= 15 is 0 Å². The summed E-state index contributed by atoms with van der Waals surface area (Å²) in [5.41, 5.74) is 14.1. The first-order valence-electron chi connectivity index (χ1n) is 21.5. The molecule has 3 aromatic carbocycles. The van der Waals surface area contributed by atoms with E-state index in [0.29, 0.717) is 11.3 Å². The summed E-state index contributed by atoms with van der Waals surface area (Å²) in [5.74, 6) is 3.95. The third-order valence-corrected chi connectivity index (χ3v) is 13.7. The molecule has 66 heavy (non-hydrogen) atoms. The normalized spacial score (nSPS) is 14.8. The molecule has 11 heterocycles. The number of nitrogens with zero attached hydrogens (tertiary/aromatic N) is 9. The van der Waals surface area contributed by atoms with E-state index in [1.54, 1.807) is 43.8 Å². The van der Waals surface area contributed by atoms with E-state index in [-0.39, 0.29) is 0 Å². The third-order valence-electron chi connectivity index (χ3n) is 13.7. The molecule has 2 aliphatic carbocycles. The topological polar surface area (TPSA) is 133 Å². The lowest BCUT2D eigenvalue weighted by atomic mass is 9.66. The van der Waals surface area contributed by atoms with Gasteiger partial charge in [0.15, 0.2) is 40.2 Å². The number of fused-ring (bicyclic) bond motifs is 20. The highest BCUT2D eigenvalue weighted by atomic mass is 16.4. The molecule has 13 heteroatoms. The van der Waals surface area contributed by atoms with Crippen LogP contribution in [0.2, 0.25) is 0 Å². The highest BCUT2D eigenvalue weighted by molar-refractivity contribution is 5.92. The summed E-state index contributed by atoms with van der Waals surface area (Å²) in [6.45, 7) is 0. The number of benzene rings is 3. The molecule has 2 spiro atoms. The van der Waals surface area contributed by atoms with Gasteiger partial charge in [0.1, 0.15) is 23.7 Å². The van der Waals surface area contributed by atoms with Crippen LogP contribution in [0.4, 0.5) is 22.9 Å². The summed E-state index contributed by atoms with van der Waals surface area (Å²) >= 11 is 0. The Morgan fingerprint density at radius 2 is 0.712 bits per heavy atom. The second kappa shape index (κ2) is 12.7. The van der Waals surface area contributed by atoms with Gasteiger partial charge in [0.05, 0.1) is 52.9 Å². The minimum atomic E-state index is -0.587. The second-order valence-electron chi connectivity index (χ2n) is 16.6. The zero-order chi connectivity index (χ0) is 43.1. The number of furan rings is 4. The van der Waals surface area contributed by atoms with E-state index in [1.165, 1.54) is 0 Å². The third kappa shape index (κ3) is 4.17. The van der Waals surface area contributed by atoms with Crippen LogP contribution in [0.15, 0.2) is 207 Å². The summed E-state index contributed by atoms with van der Waals surface area (Å²) < 4.78 is 27.8. The van der Waals surface area contributed by atoms with Crippen molar-refractivity contribution in [3.05, 3.63) is 234 Å². The monoisotopic (exact) mass is 857 g/mol. The van der Waals surface area contributed by atoms with Gasteiger partial charge in [-0.25, -0.2) is 44.3 Å². The Balaban J connectivity index is 0.000000121. The van der Waals surface area contributed by atoms with Crippen LogP contribution in [0.5, 0.6) is 0 Å². The van der Waals surface area contributed by atoms with Gasteiger partial charge in [0.25, 0.3) is 0 Å². The van der Waals surface area contributed by atoms with Crippen molar-refractivity contribution in [3.8, 4) is 23.0 Å². The van der Waals surface area contributed by atoms with Crippen LogP contribution < -0.4 is 10.0 Å². The Kier molecular flexibility index (Phi) is 6.78. The number of rotatable bonds is 2. The van der Waals surface area contributed by atoms with Gasteiger partial charge >= 0.3 is 0 Å². The molecule has 4 aliphatic rings. The van der Waals surface area contributed by atoms with Crippen molar-refractivity contribution in [2.45, 2.75) is 10.8 Å². The number of hydrogen-bond donors (Lipinski definition) is 0. The Bertz CT molecular complexity index is 3490. The van der Waals surface area contributed by atoms with Gasteiger partial charge in [-0.05, 0) is 89.5 Å². The first-order chi connectivity index (χ1) is 32.8. The fourth-order valence-corrected chi connectivity index (χ4v) is 11.3. The SMILES string of the molecule is c1ccc2c(c1)N(n1cnc3ncccc31)c1ccccc1C21c2ccoc2-c2occc21.c1ccc2c(c1)N(n1cnc3ncccc31)c1ncccc1C21c2ccoc2-c2occc21. The van der Waals surface area contributed by atoms with Gasteiger partial charge in [-0.3, -0.25) is 0 Å². The van der Waals surface area contributed by atoms with Crippen LogP contribution in [0, 0.1) is 0 Å². The van der Waals surface area contributed by atoms with Crippen molar-refractivity contribution in [2.24, 2.45) is 0 Å². The molecule has 13 nitrogen and oxygen atoms in total. The van der Waals surface area contributed by atoms with Gasteiger partial charge in [0.2, 0.25) is 0 Å². The van der Waals surface area contributed by atoms with Crippen LogP contribution in [0.3, 0.4) is 0 Å². The fraction of sp³-hybridized carbons (Fsp3) is 0.0377. The number of aromatic nitrogens is 7. The highest BCUT2D eigenvalue weighted by Crippen LogP contribution is 2.64. The Morgan fingerprint density at radius 3 is 1.20 bits per heavy atom. The maximum Gasteiger partial charge on any atom is 0.179 e. The second-order valence-corrected chi connectivity index (χ2v) is 16.6. The molecule has 9 aromatic heterocycles. The standard InChI is InChI=1S/C27H16N4O2.C26H15N5O2/c1-3-8-21-17(6-1)27(19-11-14-32-24(19)25-20(27)12-15-33-25)18-7-2-4-9-22(18)31(21)30-16-29-26-23(30)10-5-13-28-26;1-2-7-20-16(5-1)26(17-9-13-32-22(17)23-18(26)10-14-33-23)19-6-3-12-28-25(19)31(20)30-15-29-24-21(30)8-4-11-27-24/h1-16H;1-15H. The van der Waals surface area contributed by atoms with E-state index in [1.807, 2.05) is 65.7 Å². The summed E-state index contributed by atoms with van der Waals surface area (Å²) in [5, 5.41) is 4.34. The van der Waals surface area contributed by atoms with Crippen LogP contribution in [-0.2, 0) is 10.8 Å². The van der Waals surface area contributed by atoms with Gasteiger partial charge in [-0.15, -0.1) is 0 Å². The van der Waals surface area contributed by atoms with E-state index in [4.69, 9.17) is 22.7 Å². The van der Waals surface area contributed by atoms with Gasteiger partial charge in [-0.1, -0.05) is 60.7 Å². The molecule has 16 rings (SSSR count). The lowest BCUT2D eigenvalue weighted by molar-refractivity contribution is 0.525.